The Labute approximate surface area is 164 Å². The number of nitrogens with zero attached hydrogens (tertiary/aromatic N) is 1. The predicted molar refractivity (Wildman–Crippen MR) is 102 cm³/mol. The molecule has 0 atom stereocenters. The van der Waals surface area contributed by atoms with Gasteiger partial charge in [-0.2, -0.15) is 0 Å². The van der Waals surface area contributed by atoms with Gasteiger partial charge in [0.15, 0.2) is 6.61 Å². The number of hydrogen-bond acceptors (Lipinski definition) is 8. The lowest BCUT2D eigenvalue weighted by molar-refractivity contribution is -0.384. The number of nitro benzene ring substituents is 1. The van der Waals surface area contributed by atoms with Gasteiger partial charge in [-0.1, -0.05) is 6.07 Å². The standard InChI is InChI=1S/C18H16N2O7S/c1-26-17(22)11-6-12(8-14(7-11)20(24)25)18(23)27-10-16(21)19-13-4-3-5-15(9-13)28-2/h3-9H,10H2,1-2H3,(H,19,21). The number of nitrogens with one attached hydrogen (secondary N) is 1. The van der Waals surface area contributed by atoms with Gasteiger partial charge in [-0.25, -0.2) is 9.59 Å². The number of benzene rings is 2. The van der Waals surface area contributed by atoms with Crippen molar-refractivity contribution in [2.24, 2.45) is 0 Å². The van der Waals surface area contributed by atoms with E-state index in [1.807, 2.05) is 12.3 Å². The lowest BCUT2D eigenvalue weighted by atomic mass is 10.1. The molecule has 0 heterocycles. The molecular weight excluding hydrogens is 388 g/mol. The highest BCUT2D eigenvalue weighted by Gasteiger charge is 2.20. The van der Waals surface area contributed by atoms with Crippen LogP contribution in [-0.2, 0) is 14.3 Å². The molecule has 0 aliphatic carbocycles. The van der Waals surface area contributed by atoms with Crippen molar-refractivity contribution in [2.45, 2.75) is 4.90 Å². The fourth-order valence-electron chi connectivity index (χ4n) is 2.18. The summed E-state index contributed by atoms with van der Waals surface area (Å²) >= 11 is 1.51. The van der Waals surface area contributed by atoms with Crippen LogP contribution in [0.5, 0.6) is 0 Å². The molecule has 2 aromatic carbocycles. The summed E-state index contributed by atoms with van der Waals surface area (Å²) in [6.07, 6.45) is 1.89. The van der Waals surface area contributed by atoms with Gasteiger partial charge in [0.25, 0.3) is 11.6 Å². The van der Waals surface area contributed by atoms with Crippen LogP contribution in [-0.4, -0.2) is 42.7 Å². The molecule has 1 amide bonds. The van der Waals surface area contributed by atoms with Gasteiger partial charge in [0.2, 0.25) is 0 Å². The third-order valence-electron chi connectivity index (χ3n) is 3.47. The molecule has 0 saturated carbocycles. The number of hydrogen-bond donors (Lipinski definition) is 1. The highest BCUT2D eigenvalue weighted by molar-refractivity contribution is 7.98. The van der Waals surface area contributed by atoms with E-state index >= 15 is 0 Å². The molecular formula is C18H16N2O7S. The fraction of sp³-hybridized carbons (Fsp3) is 0.167. The van der Waals surface area contributed by atoms with Crippen molar-refractivity contribution in [1.29, 1.82) is 0 Å². The van der Waals surface area contributed by atoms with Gasteiger partial charge in [0.1, 0.15) is 0 Å². The first kappa shape index (κ1) is 20.9. The summed E-state index contributed by atoms with van der Waals surface area (Å²) < 4.78 is 9.40. The molecule has 9 nitrogen and oxygen atoms in total. The highest BCUT2D eigenvalue weighted by atomic mass is 32.2. The van der Waals surface area contributed by atoms with Crippen molar-refractivity contribution in [1.82, 2.24) is 0 Å². The molecule has 2 aromatic rings. The largest absolute Gasteiger partial charge is 0.465 e. The molecule has 10 heteroatoms. The number of thioether (sulfide) groups is 1. The lowest BCUT2D eigenvalue weighted by Gasteiger charge is -2.08. The first-order chi connectivity index (χ1) is 13.3. The number of non-ortho nitro benzene ring substituents is 1. The third-order valence-corrected chi connectivity index (χ3v) is 4.20. The monoisotopic (exact) mass is 404 g/mol. The summed E-state index contributed by atoms with van der Waals surface area (Å²) in [4.78, 5) is 46.9. The van der Waals surface area contributed by atoms with Crippen LogP contribution in [0.15, 0.2) is 47.4 Å². The van der Waals surface area contributed by atoms with Gasteiger partial charge in [-0.05, 0) is 30.5 Å². The van der Waals surface area contributed by atoms with Gasteiger partial charge < -0.3 is 14.8 Å². The van der Waals surface area contributed by atoms with Crippen molar-refractivity contribution >= 4 is 41.0 Å². The van der Waals surface area contributed by atoms with Gasteiger partial charge in [-0.3, -0.25) is 14.9 Å². The molecule has 0 aliphatic heterocycles. The zero-order valence-corrected chi connectivity index (χ0v) is 15.8. The minimum Gasteiger partial charge on any atom is -0.465 e. The second-order valence-electron chi connectivity index (χ2n) is 5.37. The van der Waals surface area contributed by atoms with Crippen molar-refractivity contribution in [3.05, 3.63) is 63.7 Å². The summed E-state index contributed by atoms with van der Waals surface area (Å²) in [7, 11) is 1.11. The fourth-order valence-corrected chi connectivity index (χ4v) is 2.64. The van der Waals surface area contributed by atoms with E-state index in [9.17, 15) is 24.5 Å². The third kappa shape index (κ3) is 5.55. The number of rotatable bonds is 7. The van der Waals surface area contributed by atoms with Gasteiger partial charge in [-0.15, -0.1) is 11.8 Å². The first-order valence-corrected chi connectivity index (χ1v) is 9.05. The van der Waals surface area contributed by atoms with Gasteiger partial charge >= 0.3 is 11.9 Å². The lowest BCUT2D eigenvalue weighted by Crippen LogP contribution is -2.21. The molecule has 0 bridgehead atoms. The number of ether oxygens (including phenoxy) is 2. The van der Waals surface area contributed by atoms with Gasteiger partial charge in [0, 0.05) is 22.7 Å². The van der Waals surface area contributed by atoms with Crippen LogP contribution in [0.25, 0.3) is 0 Å². The first-order valence-electron chi connectivity index (χ1n) is 7.83. The molecule has 0 aromatic heterocycles. The van der Waals surface area contributed by atoms with E-state index in [-0.39, 0.29) is 11.1 Å². The van der Waals surface area contributed by atoms with E-state index in [4.69, 9.17) is 4.74 Å². The Morgan fingerprint density at radius 1 is 1.11 bits per heavy atom. The number of anilines is 1. The van der Waals surface area contributed by atoms with Crippen molar-refractivity contribution in [3.8, 4) is 0 Å². The predicted octanol–water partition coefficient (Wildman–Crippen LogP) is 2.90. The van der Waals surface area contributed by atoms with Crippen LogP contribution in [0.1, 0.15) is 20.7 Å². The maximum atomic E-state index is 12.2. The molecule has 0 spiro atoms. The van der Waals surface area contributed by atoms with E-state index < -0.39 is 35.1 Å². The zero-order chi connectivity index (χ0) is 20.7. The van der Waals surface area contributed by atoms with Crippen LogP contribution in [0.3, 0.4) is 0 Å². The molecule has 1 N–H and O–H groups in total. The Kier molecular flexibility index (Phi) is 7.10. The Balaban J connectivity index is 2.07. The van der Waals surface area contributed by atoms with Crippen LogP contribution in [0.4, 0.5) is 11.4 Å². The average Bonchev–Trinajstić information content (AvgIpc) is 2.71. The number of carbonyl (C=O) groups is 3. The van der Waals surface area contributed by atoms with Crippen LogP contribution in [0, 0.1) is 10.1 Å². The number of nitro groups is 1. The average molecular weight is 404 g/mol. The molecule has 0 aliphatic rings. The Morgan fingerprint density at radius 3 is 2.39 bits per heavy atom. The second kappa shape index (κ2) is 9.51. The topological polar surface area (TPSA) is 125 Å². The smallest absolute Gasteiger partial charge is 0.338 e. The molecule has 146 valence electrons. The van der Waals surface area contributed by atoms with E-state index in [1.54, 1.807) is 18.2 Å². The Hall–Kier alpha value is -3.40. The van der Waals surface area contributed by atoms with Crippen LogP contribution in [0.2, 0.25) is 0 Å². The summed E-state index contributed by atoms with van der Waals surface area (Å²) in [5.41, 5.74) is -0.363. The molecule has 0 saturated heterocycles. The van der Waals surface area contributed by atoms with Crippen LogP contribution < -0.4 is 5.32 Å². The van der Waals surface area contributed by atoms with Crippen molar-refractivity contribution in [2.75, 3.05) is 25.3 Å². The van der Waals surface area contributed by atoms with E-state index in [1.165, 1.54) is 11.8 Å². The summed E-state index contributed by atoms with van der Waals surface area (Å²) in [6, 6.07) is 10.1. The minimum absolute atomic E-state index is 0.179. The summed E-state index contributed by atoms with van der Waals surface area (Å²) in [5, 5.41) is 13.6. The number of carbonyl (C=O) groups excluding carboxylic acids is 3. The maximum Gasteiger partial charge on any atom is 0.338 e. The minimum atomic E-state index is -0.984. The normalized spacial score (nSPS) is 10.1. The molecule has 2 rings (SSSR count). The van der Waals surface area contributed by atoms with Gasteiger partial charge in [0.05, 0.1) is 23.2 Å². The molecule has 0 radical (unpaired) electrons. The van der Waals surface area contributed by atoms with Crippen molar-refractivity contribution < 1.29 is 28.8 Å². The zero-order valence-electron chi connectivity index (χ0n) is 15.0. The SMILES string of the molecule is COC(=O)c1cc(C(=O)OCC(=O)Nc2cccc(SC)c2)cc([N+](=O)[O-])c1. The Bertz CT molecular complexity index is 930. The summed E-state index contributed by atoms with van der Waals surface area (Å²) in [5.74, 6) is -2.41. The highest BCUT2D eigenvalue weighted by Crippen LogP contribution is 2.20. The quantitative estimate of drug-likeness (QED) is 0.323. The summed E-state index contributed by atoms with van der Waals surface area (Å²) in [6.45, 7) is -0.599. The van der Waals surface area contributed by atoms with Crippen LogP contribution >= 0.6 is 11.8 Å². The van der Waals surface area contributed by atoms with E-state index in [2.05, 4.69) is 10.1 Å². The van der Waals surface area contributed by atoms with Crippen molar-refractivity contribution in [3.63, 3.8) is 0 Å². The second-order valence-corrected chi connectivity index (χ2v) is 6.25. The number of methoxy groups -OCH3 is 1. The number of amides is 1. The van der Waals surface area contributed by atoms with E-state index in [0.717, 1.165) is 30.2 Å². The molecule has 0 fully saturated rings. The maximum absolute atomic E-state index is 12.2. The van der Waals surface area contributed by atoms with E-state index in [0.29, 0.717) is 5.69 Å². The Morgan fingerprint density at radius 2 is 1.79 bits per heavy atom. The number of esters is 2. The molecule has 0 unspecified atom stereocenters. The molecule has 28 heavy (non-hydrogen) atoms.